The molecule has 0 aliphatic carbocycles. The van der Waals surface area contributed by atoms with Crippen LogP contribution in [0, 0.1) is 0 Å². The van der Waals surface area contributed by atoms with Gasteiger partial charge in [-0.15, -0.1) is 0 Å². The van der Waals surface area contributed by atoms with Gasteiger partial charge in [0.2, 0.25) is 11.7 Å². The van der Waals surface area contributed by atoms with Crippen LogP contribution in [0.25, 0.3) is 5.52 Å². The van der Waals surface area contributed by atoms with Gasteiger partial charge in [0.25, 0.3) is 0 Å². The number of hydrogen-bond acceptors (Lipinski definition) is 2. The minimum atomic E-state index is 0.0590. The number of hydrogen-bond donors (Lipinski definition) is 2. The van der Waals surface area contributed by atoms with Crippen molar-refractivity contribution in [2.45, 2.75) is 13.0 Å². The van der Waals surface area contributed by atoms with E-state index in [1.165, 1.54) is 5.56 Å². The molecule has 3 rings (SSSR count). The Balaban J connectivity index is 2.39. The van der Waals surface area contributed by atoms with Crippen molar-refractivity contribution in [3.8, 4) is 5.75 Å². The fraction of sp³-hybridized carbons (Fsp3) is 0.300. The predicted octanol–water partition coefficient (Wildman–Crippen LogP) is 0.181. The largest absolute Gasteiger partial charge is 0.492 e. The Hall–Kier alpha value is -1.55. The molecule has 72 valence electrons. The number of nitrogens with zero attached hydrogens (tertiary/aromatic N) is 1. The fourth-order valence-electron chi connectivity index (χ4n) is 2.01. The summed E-state index contributed by atoms with van der Waals surface area (Å²) < 4.78 is 7.38. The van der Waals surface area contributed by atoms with E-state index in [0.717, 1.165) is 29.9 Å². The van der Waals surface area contributed by atoms with Crippen molar-refractivity contribution < 1.29 is 14.4 Å². The SMILES string of the molecule is OCc1c[nH][n+]2ccc3c(c12)CCO3. The van der Waals surface area contributed by atoms with Gasteiger partial charge < -0.3 is 9.84 Å². The van der Waals surface area contributed by atoms with Gasteiger partial charge in [-0.2, -0.15) is 5.10 Å². The third-order valence-electron chi connectivity index (χ3n) is 2.66. The molecule has 0 fully saturated rings. The molecule has 0 atom stereocenters. The van der Waals surface area contributed by atoms with E-state index < -0.39 is 0 Å². The molecule has 0 radical (unpaired) electrons. The highest BCUT2D eigenvalue weighted by Crippen LogP contribution is 2.28. The summed E-state index contributed by atoms with van der Waals surface area (Å²) in [5.41, 5.74) is 3.17. The number of nitrogens with one attached hydrogen (secondary N) is 1. The second-order valence-corrected chi connectivity index (χ2v) is 3.43. The molecule has 4 heteroatoms. The van der Waals surface area contributed by atoms with Gasteiger partial charge in [0, 0.05) is 12.5 Å². The second kappa shape index (κ2) is 2.72. The Morgan fingerprint density at radius 2 is 2.50 bits per heavy atom. The van der Waals surface area contributed by atoms with Crippen LogP contribution in [-0.2, 0) is 13.0 Å². The van der Waals surface area contributed by atoms with Gasteiger partial charge in [-0.3, -0.25) is 0 Å². The lowest BCUT2D eigenvalue weighted by atomic mass is 10.1. The number of H-pyrrole nitrogens is 1. The van der Waals surface area contributed by atoms with Crippen molar-refractivity contribution in [1.29, 1.82) is 0 Å². The van der Waals surface area contributed by atoms with Crippen LogP contribution in [0.15, 0.2) is 18.5 Å². The van der Waals surface area contributed by atoms with Crippen molar-refractivity contribution in [2.24, 2.45) is 0 Å². The van der Waals surface area contributed by atoms with Crippen LogP contribution < -0.4 is 9.25 Å². The number of pyridine rings is 1. The lowest BCUT2D eigenvalue weighted by Gasteiger charge is -1.95. The zero-order chi connectivity index (χ0) is 9.54. The van der Waals surface area contributed by atoms with Gasteiger partial charge >= 0.3 is 0 Å². The van der Waals surface area contributed by atoms with Crippen LogP contribution in [0.5, 0.6) is 5.75 Å². The molecule has 2 aromatic rings. The molecule has 0 aromatic carbocycles. The molecule has 1 aliphatic heterocycles. The Bertz CT molecular complexity index is 490. The summed E-state index contributed by atoms with van der Waals surface area (Å²) >= 11 is 0. The highest BCUT2D eigenvalue weighted by Gasteiger charge is 2.24. The molecule has 0 bridgehead atoms. The first-order valence-corrected chi connectivity index (χ1v) is 4.67. The first kappa shape index (κ1) is 7.82. The average molecular weight is 191 g/mol. The Kier molecular flexibility index (Phi) is 1.52. The number of aromatic amines is 1. The van der Waals surface area contributed by atoms with Crippen molar-refractivity contribution in [2.75, 3.05) is 6.61 Å². The second-order valence-electron chi connectivity index (χ2n) is 3.43. The summed E-state index contributed by atoms with van der Waals surface area (Å²) in [6, 6.07) is 1.95. The molecule has 4 nitrogen and oxygen atoms in total. The van der Waals surface area contributed by atoms with E-state index in [2.05, 4.69) is 5.10 Å². The van der Waals surface area contributed by atoms with Gasteiger partial charge in [0.05, 0.1) is 30.5 Å². The highest BCUT2D eigenvalue weighted by atomic mass is 16.5. The number of fused-ring (bicyclic) bond motifs is 3. The Labute approximate surface area is 80.7 Å². The van der Waals surface area contributed by atoms with Gasteiger partial charge in [-0.1, -0.05) is 4.52 Å². The van der Waals surface area contributed by atoms with E-state index in [-0.39, 0.29) is 6.61 Å². The molecule has 0 amide bonds. The van der Waals surface area contributed by atoms with E-state index in [1.807, 2.05) is 23.0 Å². The maximum Gasteiger partial charge on any atom is 0.249 e. The number of aromatic nitrogens is 2. The highest BCUT2D eigenvalue weighted by molar-refractivity contribution is 5.60. The molecule has 0 spiro atoms. The maximum absolute atomic E-state index is 9.18. The molecule has 0 saturated heterocycles. The topological polar surface area (TPSA) is 49.3 Å². The van der Waals surface area contributed by atoms with E-state index in [1.54, 1.807) is 0 Å². The standard InChI is InChI=1S/C10H10N2O2/c13-6-7-5-11-12-3-1-9-8(10(7)12)2-4-14-9/h1,3,5,13H,2,4,6H2/p+1. The zero-order valence-electron chi connectivity index (χ0n) is 7.66. The van der Waals surface area contributed by atoms with Crippen LogP contribution in [-0.4, -0.2) is 16.8 Å². The van der Waals surface area contributed by atoms with Crippen molar-refractivity contribution in [3.63, 3.8) is 0 Å². The molecule has 0 saturated carbocycles. The lowest BCUT2D eigenvalue weighted by molar-refractivity contribution is -0.577. The maximum atomic E-state index is 9.18. The molecule has 1 aliphatic rings. The molecule has 3 heterocycles. The minimum Gasteiger partial charge on any atom is -0.492 e. The first-order valence-electron chi connectivity index (χ1n) is 4.67. The number of aliphatic hydroxyl groups is 1. The van der Waals surface area contributed by atoms with Gasteiger partial charge in [-0.05, 0) is 0 Å². The molecule has 14 heavy (non-hydrogen) atoms. The van der Waals surface area contributed by atoms with Crippen molar-refractivity contribution in [3.05, 3.63) is 29.6 Å². The van der Waals surface area contributed by atoms with Crippen molar-refractivity contribution >= 4 is 5.52 Å². The van der Waals surface area contributed by atoms with Crippen LogP contribution in [0.2, 0.25) is 0 Å². The third-order valence-corrected chi connectivity index (χ3v) is 2.66. The van der Waals surface area contributed by atoms with E-state index in [9.17, 15) is 5.11 Å². The monoisotopic (exact) mass is 191 g/mol. The number of aliphatic hydroxyl groups excluding tert-OH is 1. The van der Waals surface area contributed by atoms with Crippen LogP contribution >= 0.6 is 0 Å². The number of rotatable bonds is 1. The summed E-state index contributed by atoms with van der Waals surface area (Å²) in [7, 11) is 0. The van der Waals surface area contributed by atoms with Gasteiger partial charge in [-0.25, -0.2) is 0 Å². The Morgan fingerprint density at radius 1 is 1.57 bits per heavy atom. The molecule has 2 aromatic heterocycles. The molecule has 0 unspecified atom stereocenters. The fourth-order valence-corrected chi connectivity index (χ4v) is 2.01. The third kappa shape index (κ3) is 0.886. The molecular weight excluding hydrogens is 180 g/mol. The summed E-state index contributed by atoms with van der Waals surface area (Å²) in [6.45, 7) is 0.800. The smallest absolute Gasteiger partial charge is 0.249 e. The van der Waals surface area contributed by atoms with E-state index in [0.29, 0.717) is 0 Å². The van der Waals surface area contributed by atoms with Gasteiger partial charge in [0.15, 0.2) is 0 Å². The van der Waals surface area contributed by atoms with E-state index in [4.69, 9.17) is 4.74 Å². The summed E-state index contributed by atoms with van der Waals surface area (Å²) in [6.07, 6.45) is 4.66. The van der Waals surface area contributed by atoms with Crippen LogP contribution in [0.3, 0.4) is 0 Å². The van der Waals surface area contributed by atoms with Crippen LogP contribution in [0.1, 0.15) is 11.1 Å². The molecular formula is C10H11N2O2+. The minimum absolute atomic E-state index is 0.0590. The first-order chi connectivity index (χ1) is 6.90. The lowest BCUT2D eigenvalue weighted by Crippen LogP contribution is -2.22. The number of ether oxygens (including phenoxy) is 1. The quantitative estimate of drug-likeness (QED) is 0.632. The normalized spacial score (nSPS) is 14.4. The average Bonchev–Trinajstić information content (AvgIpc) is 2.82. The molecule has 2 N–H and O–H groups in total. The summed E-state index contributed by atoms with van der Waals surface area (Å²) in [5.74, 6) is 0.944. The predicted molar refractivity (Wildman–Crippen MR) is 49.1 cm³/mol. The van der Waals surface area contributed by atoms with E-state index >= 15 is 0 Å². The Morgan fingerprint density at radius 3 is 3.36 bits per heavy atom. The van der Waals surface area contributed by atoms with Crippen LogP contribution in [0.4, 0.5) is 0 Å². The zero-order valence-corrected chi connectivity index (χ0v) is 7.66. The van der Waals surface area contributed by atoms with Gasteiger partial charge in [0.1, 0.15) is 5.75 Å². The summed E-state index contributed by atoms with van der Waals surface area (Å²) in [5, 5.41) is 12.3. The summed E-state index contributed by atoms with van der Waals surface area (Å²) in [4.78, 5) is 0. The van der Waals surface area contributed by atoms with Crippen molar-refractivity contribution in [1.82, 2.24) is 5.10 Å².